The minimum absolute atomic E-state index is 0.189. The van der Waals surface area contributed by atoms with Gasteiger partial charge in [0.25, 0.3) is 0 Å². The monoisotopic (exact) mass is 348 g/mol. The van der Waals surface area contributed by atoms with Gasteiger partial charge in [-0.25, -0.2) is 13.2 Å². The Hall–Kier alpha value is -1.00. The van der Waals surface area contributed by atoms with Crippen molar-refractivity contribution in [1.29, 1.82) is 0 Å². The van der Waals surface area contributed by atoms with Crippen LogP contribution in [0, 0.1) is 24.4 Å². The van der Waals surface area contributed by atoms with Gasteiger partial charge in [-0.3, -0.25) is 0 Å². The van der Waals surface area contributed by atoms with Crippen molar-refractivity contribution in [2.24, 2.45) is 0 Å². The fourth-order valence-electron chi connectivity index (χ4n) is 1.75. The molecule has 2 aromatic rings. The lowest BCUT2D eigenvalue weighted by atomic mass is 10.0. The summed E-state index contributed by atoms with van der Waals surface area (Å²) in [6, 6.07) is 6.02. The summed E-state index contributed by atoms with van der Waals surface area (Å²) in [6.45, 7) is 1.59. The van der Waals surface area contributed by atoms with Crippen molar-refractivity contribution in [2.45, 2.75) is 11.8 Å². The second kappa shape index (κ2) is 5.55. The topological polar surface area (TPSA) is 0 Å². The average Bonchev–Trinajstić information content (AvgIpc) is 2.33. The predicted octanol–water partition coefficient (Wildman–Crippen LogP) is 5.55. The molecule has 0 fully saturated rings. The third-order valence-corrected chi connectivity index (χ3v) is 4.10. The maximum absolute atomic E-state index is 13.7. The molecule has 0 saturated heterocycles. The molecule has 2 rings (SSSR count). The standard InChI is InChI=1S/C14H9BrClF3/c1-7-4-10(11(16)6-12(7)18)14(15)9-3-2-8(17)5-13(9)19/h2-6,14H,1H3. The minimum Gasteiger partial charge on any atom is -0.207 e. The Morgan fingerprint density at radius 1 is 1.00 bits per heavy atom. The molecule has 19 heavy (non-hydrogen) atoms. The molecule has 0 aliphatic rings. The Kier molecular flexibility index (Phi) is 4.21. The lowest BCUT2D eigenvalue weighted by Gasteiger charge is -2.14. The van der Waals surface area contributed by atoms with Crippen LogP contribution in [-0.4, -0.2) is 0 Å². The molecule has 0 spiro atoms. The molecule has 1 unspecified atom stereocenters. The van der Waals surface area contributed by atoms with E-state index in [0.29, 0.717) is 11.1 Å². The summed E-state index contributed by atoms with van der Waals surface area (Å²) in [5.41, 5.74) is 1.19. The number of benzene rings is 2. The predicted molar refractivity (Wildman–Crippen MR) is 73.3 cm³/mol. The third kappa shape index (κ3) is 2.95. The van der Waals surface area contributed by atoms with E-state index in [-0.39, 0.29) is 10.6 Å². The molecule has 0 N–H and O–H groups in total. The second-order valence-electron chi connectivity index (χ2n) is 4.15. The molecule has 0 heterocycles. The molecule has 5 heteroatoms. The zero-order chi connectivity index (χ0) is 14.2. The first kappa shape index (κ1) is 14.4. The summed E-state index contributed by atoms with van der Waals surface area (Å²) >= 11 is 9.27. The Balaban J connectivity index is 2.49. The van der Waals surface area contributed by atoms with Gasteiger partial charge in [0.1, 0.15) is 17.5 Å². The highest BCUT2D eigenvalue weighted by molar-refractivity contribution is 9.09. The van der Waals surface area contributed by atoms with Crippen molar-refractivity contribution < 1.29 is 13.2 Å². The largest absolute Gasteiger partial charge is 0.207 e. The normalized spacial score (nSPS) is 12.5. The van der Waals surface area contributed by atoms with E-state index >= 15 is 0 Å². The van der Waals surface area contributed by atoms with Gasteiger partial charge in [0.2, 0.25) is 0 Å². The van der Waals surface area contributed by atoms with Crippen LogP contribution in [0.25, 0.3) is 0 Å². The molecule has 0 saturated carbocycles. The van der Waals surface area contributed by atoms with Gasteiger partial charge in [-0.05, 0) is 30.2 Å². The van der Waals surface area contributed by atoms with E-state index in [2.05, 4.69) is 15.9 Å². The SMILES string of the molecule is Cc1cc(C(Br)c2ccc(F)cc2F)c(Cl)cc1F. The molecule has 0 nitrogen and oxygen atoms in total. The van der Waals surface area contributed by atoms with Gasteiger partial charge < -0.3 is 0 Å². The average molecular weight is 350 g/mol. The lowest BCUT2D eigenvalue weighted by Crippen LogP contribution is -2.00. The van der Waals surface area contributed by atoms with E-state index in [1.807, 2.05) is 0 Å². The fraction of sp³-hybridized carbons (Fsp3) is 0.143. The number of hydrogen-bond donors (Lipinski definition) is 0. The lowest BCUT2D eigenvalue weighted by molar-refractivity contribution is 0.574. The third-order valence-electron chi connectivity index (χ3n) is 2.79. The maximum Gasteiger partial charge on any atom is 0.130 e. The molecule has 0 aliphatic heterocycles. The van der Waals surface area contributed by atoms with Crippen LogP contribution in [0.4, 0.5) is 13.2 Å². The molecule has 0 amide bonds. The van der Waals surface area contributed by atoms with Gasteiger partial charge in [-0.1, -0.05) is 39.7 Å². The Morgan fingerprint density at radius 3 is 2.32 bits per heavy atom. The van der Waals surface area contributed by atoms with Gasteiger partial charge in [-0.15, -0.1) is 0 Å². The highest BCUT2D eigenvalue weighted by Gasteiger charge is 2.19. The number of rotatable bonds is 2. The molecule has 0 aromatic heterocycles. The van der Waals surface area contributed by atoms with Crippen LogP contribution < -0.4 is 0 Å². The fourth-order valence-corrected chi connectivity index (χ4v) is 2.89. The van der Waals surface area contributed by atoms with Gasteiger partial charge in [0, 0.05) is 16.7 Å². The van der Waals surface area contributed by atoms with Crippen LogP contribution in [0.2, 0.25) is 5.02 Å². The van der Waals surface area contributed by atoms with Crippen LogP contribution in [0.15, 0.2) is 30.3 Å². The Morgan fingerprint density at radius 2 is 1.68 bits per heavy atom. The van der Waals surface area contributed by atoms with Crippen molar-refractivity contribution in [3.63, 3.8) is 0 Å². The van der Waals surface area contributed by atoms with Crippen molar-refractivity contribution in [3.05, 3.63) is 69.5 Å². The number of hydrogen-bond acceptors (Lipinski definition) is 0. The summed E-state index contributed by atoms with van der Waals surface area (Å²) in [4.78, 5) is -0.570. The van der Waals surface area contributed by atoms with E-state index < -0.39 is 22.3 Å². The van der Waals surface area contributed by atoms with E-state index in [1.54, 1.807) is 13.0 Å². The van der Waals surface area contributed by atoms with Crippen LogP contribution in [0.3, 0.4) is 0 Å². The number of alkyl halides is 1. The van der Waals surface area contributed by atoms with Gasteiger partial charge in [0.05, 0.1) is 4.83 Å². The molecule has 0 radical (unpaired) electrons. The van der Waals surface area contributed by atoms with E-state index in [4.69, 9.17) is 11.6 Å². The smallest absolute Gasteiger partial charge is 0.130 e. The summed E-state index contributed by atoms with van der Waals surface area (Å²) in [5, 5.41) is 0.189. The van der Waals surface area contributed by atoms with Crippen LogP contribution in [0.1, 0.15) is 21.5 Å². The molecular weight excluding hydrogens is 341 g/mol. The quantitative estimate of drug-likeness (QED) is 0.624. The Bertz CT molecular complexity index is 628. The van der Waals surface area contributed by atoms with Crippen LogP contribution >= 0.6 is 27.5 Å². The first-order valence-electron chi connectivity index (χ1n) is 5.44. The van der Waals surface area contributed by atoms with Gasteiger partial charge in [0.15, 0.2) is 0 Å². The Labute approximate surface area is 122 Å². The van der Waals surface area contributed by atoms with Gasteiger partial charge >= 0.3 is 0 Å². The summed E-state index contributed by atoms with van der Waals surface area (Å²) in [5.74, 6) is -1.75. The van der Waals surface area contributed by atoms with E-state index in [0.717, 1.165) is 12.1 Å². The molecule has 0 aliphatic carbocycles. The molecule has 100 valence electrons. The van der Waals surface area contributed by atoms with E-state index in [9.17, 15) is 13.2 Å². The number of aryl methyl sites for hydroxylation is 1. The van der Waals surface area contributed by atoms with Crippen LogP contribution in [0.5, 0.6) is 0 Å². The highest BCUT2D eigenvalue weighted by atomic mass is 79.9. The summed E-state index contributed by atoms with van der Waals surface area (Å²) in [7, 11) is 0. The van der Waals surface area contributed by atoms with Crippen molar-refractivity contribution in [1.82, 2.24) is 0 Å². The minimum atomic E-state index is -0.681. The van der Waals surface area contributed by atoms with Crippen molar-refractivity contribution >= 4 is 27.5 Å². The zero-order valence-corrected chi connectivity index (χ0v) is 12.2. The van der Waals surface area contributed by atoms with Crippen molar-refractivity contribution in [3.8, 4) is 0 Å². The molecule has 2 aromatic carbocycles. The van der Waals surface area contributed by atoms with E-state index in [1.165, 1.54) is 12.1 Å². The summed E-state index contributed by atoms with van der Waals surface area (Å²) in [6.07, 6.45) is 0. The zero-order valence-electron chi connectivity index (χ0n) is 9.85. The second-order valence-corrected chi connectivity index (χ2v) is 5.47. The van der Waals surface area contributed by atoms with Crippen molar-refractivity contribution in [2.75, 3.05) is 0 Å². The molecular formula is C14H9BrClF3. The molecule has 1 atom stereocenters. The number of halogens is 5. The molecule has 0 bridgehead atoms. The summed E-state index contributed by atoms with van der Waals surface area (Å²) < 4.78 is 39.9. The highest BCUT2D eigenvalue weighted by Crippen LogP contribution is 2.37. The maximum atomic E-state index is 13.7. The first-order valence-corrected chi connectivity index (χ1v) is 6.74. The van der Waals surface area contributed by atoms with Gasteiger partial charge in [-0.2, -0.15) is 0 Å². The first-order chi connectivity index (χ1) is 8.90. The van der Waals surface area contributed by atoms with Crippen LogP contribution in [-0.2, 0) is 0 Å².